The van der Waals surface area contributed by atoms with Crippen molar-refractivity contribution in [3.63, 3.8) is 0 Å². The molecule has 2 rings (SSSR count). The maximum Gasteiger partial charge on any atom is 0.0672 e. The molecule has 0 aromatic carbocycles. The molecule has 2 fully saturated rings. The summed E-state index contributed by atoms with van der Waals surface area (Å²) in [4.78, 5) is 0. The van der Waals surface area contributed by atoms with Gasteiger partial charge >= 0.3 is 0 Å². The molecule has 0 spiro atoms. The van der Waals surface area contributed by atoms with Gasteiger partial charge in [0.05, 0.1) is 6.10 Å². The molecule has 3 heteroatoms. The maximum atomic E-state index is 6.24. The van der Waals surface area contributed by atoms with Gasteiger partial charge in [-0.25, -0.2) is 0 Å². The summed E-state index contributed by atoms with van der Waals surface area (Å²) in [6.45, 7) is 6.94. The second-order valence-corrected chi connectivity index (χ2v) is 6.36. The highest BCUT2D eigenvalue weighted by Crippen LogP contribution is 2.50. The molecule has 1 aliphatic carbocycles. The summed E-state index contributed by atoms with van der Waals surface area (Å²) in [5.41, 5.74) is 0.194. The summed E-state index contributed by atoms with van der Waals surface area (Å²) < 4.78 is 11.6. The summed E-state index contributed by atoms with van der Waals surface area (Å²) >= 11 is 6.24. The second-order valence-electron chi connectivity index (χ2n) is 6.09. The molecule has 0 N–H and O–H groups in total. The van der Waals surface area contributed by atoms with E-state index in [0.29, 0.717) is 12.0 Å². The average molecular weight is 261 g/mol. The van der Waals surface area contributed by atoms with Crippen molar-refractivity contribution in [2.24, 2.45) is 17.3 Å². The molecule has 2 aliphatic rings. The Balaban J connectivity index is 1.81. The van der Waals surface area contributed by atoms with Crippen LogP contribution in [0.15, 0.2) is 0 Å². The number of hydrogen-bond donors (Lipinski definition) is 0. The Hall–Kier alpha value is 0.210. The molecule has 0 aromatic heterocycles. The molecule has 0 aromatic rings. The third-order valence-corrected chi connectivity index (χ3v) is 4.54. The van der Waals surface area contributed by atoms with Gasteiger partial charge in [0, 0.05) is 31.1 Å². The first kappa shape index (κ1) is 13.6. The van der Waals surface area contributed by atoms with Crippen molar-refractivity contribution >= 4 is 11.6 Å². The maximum absolute atomic E-state index is 6.24. The van der Waals surface area contributed by atoms with Gasteiger partial charge in [0.15, 0.2) is 0 Å². The minimum atomic E-state index is 0.194. The lowest BCUT2D eigenvalue weighted by Crippen LogP contribution is -2.35. The Bertz CT molecular complexity index is 240. The minimum absolute atomic E-state index is 0.194. The molecule has 0 radical (unpaired) electrons. The van der Waals surface area contributed by atoms with Gasteiger partial charge in [0.1, 0.15) is 0 Å². The van der Waals surface area contributed by atoms with E-state index in [1.165, 1.54) is 12.8 Å². The van der Waals surface area contributed by atoms with E-state index in [0.717, 1.165) is 44.5 Å². The van der Waals surface area contributed by atoms with Gasteiger partial charge in [-0.15, -0.1) is 11.6 Å². The molecular weight excluding hydrogens is 236 g/mol. The molecule has 100 valence electrons. The first-order chi connectivity index (χ1) is 8.18. The number of hydrogen-bond acceptors (Lipinski definition) is 2. The lowest BCUT2D eigenvalue weighted by Gasteiger charge is -2.32. The zero-order chi connectivity index (χ0) is 12.3. The van der Waals surface area contributed by atoms with E-state index in [1.54, 1.807) is 0 Å². The topological polar surface area (TPSA) is 18.5 Å². The highest BCUT2D eigenvalue weighted by atomic mass is 35.5. The molecule has 2 atom stereocenters. The predicted molar refractivity (Wildman–Crippen MR) is 70.5 cm³/mol. The molecule has 1 saturated heterocycles. The Morgan fingerprint density at radius 3 is 2.76 bits per heavy atom. The number of ether oxygens (including phenoxy) is 2. The first-order valence-electron chi connectivity index (χ1n) is 6.93. The van der Waals surface area contributed by atoms with Crippen LogP contribution in [0.2, 0.25) is 0 Å². The van der Waals surface area contributed by atoms with Crippen LogP contribution in [0.1, 0.15) is 39.5 Å². The van der Waals surface area contributed by atoms with E-state index in [9.17, 15) is 0 Å². The van der Waals surface area contributed by atoms with Gasteiger partial charge in [0.2, 0.25) is 0 Å². The normalized spacial score (nSPS) is 33.5. The van der Waals surface area contributed by atoms with Crippen molar-refractivity contribution in [2.45, 2.75) is 45.6 Å². The average Bonchev–Trinajstić information content (AvgIpc) is 3.06. The molecule has 2 unspecified atom stereocenters. The molecule has 1 aliphatic heterocycles. The Morgan fingerprint density at radius 2 is 2.18 bits per heavy atom. The Morgan fingerprint density at radius 1 is 1.41 bits per heavy atom. The van der Waals surface area contributed by atoms with Crippen molar-refractivity contribution in [3.05, 3.63) is 0 Å². The van der Waals surface area contributed by atoms with Gasteiger partial charge in [-0.05, 0) is 37.5 Å². The lowest BCUT2D eigenvalue weighted by molar-refractivity contribution is 0.0154. The zero-order valence-corrected chi connectivity index (χ0v) is 11.8. The van der Waals surface area contributed by atoms with Crippen LogP contribution in [0.4, 0.5) is 0 Å². The first-order valence-corrected chi connectivity index (χ1v) is 7.47. The van der Waals surface area contributed by atoms with Gasteiger partial charge in [-0.1, -0.05) is 13.8 Å². The van der Waals surface area contributed by atoms with Crippen molar-refractivity contribution < 1.29 is 9.47 Å². The van der Waals surface area contributed by atoms with E-state index in [-0.39, 0.29) is 5.41 Å². The summed E-state index contributed by atoms with van der Waals surface area (Å²) in [6.07, 6.45) is 5.24. The van der Waals surface area contributed by atoms with Crippen LogP contribution in [0.25, 0.3) is 0 Å². The van der Waals surface area contributed by atoms with Crippen molar-refractivity contribution in [1.82, 2.24) is 0 Å². The van der Waals surface area contributed by atoms with Crippen molar-refractivity contribution in [2.75, 3.05) is 25.7 Å². The molecule has 17 heavy (non-hydrogen) atoms. The van der Waals surface area contributed by atoms with E-state index in [4.69, 9.17) is 21.1 Å². The molecule has 1 saturated carbocycles. The van der Waals surface area contributed by atoms with E-state index in [1.807, 2.05) is 0 Å². The van der Waals surface area contributed by atoms with Crippen LogP contribution >= 0.6 is 11.6 Å². The quantitative estimate of drug-likeness (QED) is 0.516. The van der Waals surface area contributed by atoms with Crippen LogP contribution < -0.4 is 0 Å². The van der Waals surface area contributed by atoms with Gasteiger partial charge in [-0.3, -0.25) is 0 Å². The van der Waals surface area contributed by atoms with E-state index in [2.05, 4.69) is 13.8 Å². The fraction of sp³-hybridized carbons (Fsp3) is 1.00. The molecule has 2 nitrogen and oxygen atoms in total. The van der Waals surface area contributed by atoms with E-state index < -0.39 is 0 Å². The van der Waals surface area contributed by atoms with E-state index >= 15 is 0 Å². The fourth-order valence-corrected chi connectivity index (χ4v) is 3.23. The monoisotopic (exact) mass is 260 g/mol. The summed E-state index contributed by atoms with van der Waals surface area (Å²) in [5.74, 6) is 2.11. The largest absolute Gasteiger partial charge is 0.381 e. The smallest absolute Gasteiger partial charge is 0.0672 e. The summed E-state index contributed by atoms with van der Waals surface area (Å²) in [6, 6.07) is 0. The third kappa shape index (κ3) is 3.36. The SMILES string of the molecule is CC(C)COCCC1(CCl)CCOC1C1CC1. The number of rotatable bonds is 7. The summed E-state index contributed by atoms with van der Waals surface area (Å²) in [5, 5.41) is 0. The highest BCUT2D eigenvalue weighted by Gasteiger charge is 2.50. The van der Waals surface area contributed by atoms with Crippen LogP contribution in [0.3, 0.4) is 0 Å². The van der Waals surface area contributed by atoms with Gasteiger partial charge < -0.3 is 9.47 Å². The minimum Gasteiger partial charge on any atom is -0.381 e. The zero-order valence-electron chi connectivity index (χ0n) is 11.1. The van der Waals surface area contributed by atoms with Gasteiger partial charge in [0.25, 0.3) is 0 Å². The van der Waals surface area contributed by atoms with Crippen molar-refractivity contribution in [3.8, 4) is 0 Å². The second kappa shape index (κ2) is 5.90. The van der Waals surface area contributed by atoms with Crippen molar-refractivity contribution in [1.29, 1.82) is 0 Å². The van der Waals surface area contributed by atoms with Crippen LogP contribution in [0.5, 0.6) is 0 Å². The molecule has 1 heterocycles. The van der Waals surface area contributed by atoms with Gasteiger partial charge in [-0.2, -0.15) is 0 Å². The Kier molecular flexibility index (Phi) is 4.73. The fourth-order valence-electron chi connectivity index (χ4n) is 2.81. The van der Waals surface area contributed by atoms with Crippen LogP contribution in [-0.4, -0.2) is 31.8 Å². The van der Waals surface area contributed by atoms with Crippen LogP contribution in [-0.2, 0) is 9.47 Å². The highest BCUT2D eigenvalue weighted by molar-refractivity contribution is 6.18. The predicted octanol–water partition coefficient (Wildman–Crippen LogP) is 3.47. The standard InChI is InChI=1S/C14H25ClO2/c1-11(2)9-16-7-5-14(10-15)6-8-17-13(14)12-3-4-12/h11-13H,3-10H2,1-2H3. The number of halogens is 1. The lowest BCUT2D eigenvalue weighted by atomic mass is 9.78. The summed E-state index contributed by atoms with van der Waals surface area (Å²) in [7, 11) is 0. The molecule has 0 bridgehead atoms. The number of alkyl halides is 1. The van der Waals surface area contributed by atoms with Crippen LogP contribution in [0, 0.1) is 17.3 Å². The third-order valence-electron chi connectivity index (χ3n) is 4.01. The molecular formula is C14H25ClO2. The Labute approximate surface area is 110 Å². The molecule has 0 amide bonds.